The van der Waals surface area contributed by atoms with Gasteiger partial charge in [-0.25, -0.2) is 0 Å². The highest BCUT2D eigenvalue weighted by atomic mass is 32.2. The lowest BCUT2D eigenvalue weighted by atomic mass is 10.3. The van der Waals surface area contributed by atoms with E-state index in [-0.39, 0.29) is 10.1 Å². The van der Waals surface area contributed by atoms with Crippen LogP contribution >= 0.6 is 12.6 Å². The van der Waals surface area contributed by atoms with Crippen molar-refractivity contribution in [2.75, 3.05) is 0 Å². The predicted molar refractivity (Wildman–Crippen MR) is 58.9 cm³/mol. The average Bonchev–Trinajstić information content (AvgIpc) is 2.76. The van der Waals surface area contributed by atoms with E-state index in [1.807, 2.05) is 0 Å². The predicted octanol–water partition coefficient (Wildman–Crippen LogP) is -0.470. The lowest BCUT2D eigenvalue weighted by molar-refractivity contribution is 0.333. The Bertz CT molecular complexity index is 621. The van der Waals surface area contributed by atoms with Crippen LogP contribution in [0.5, 0.6) is 0 Å². The first-order chi connectivity index (χ1) is 8.04. The summed E-state index contributed by atoms with van der Waals surface area (Å²) in [6, 6.07) is 5.66. The second-order valence-electron chi connectivity index (χ2n) is 2.93. The highest BCUT2D eigenvalue weighted by Gasteiger charge is 2.14. The van der Waals surface area contributed by atoms with Gasteiger partial charge in [0.1, 0.15) is 0 Å². The molecule has 0 radical (unpaired) electrons. The van der Waals surface area contributed by atoms with Crippen LogP contribution in [-0.2, 0) is 14.4 Å². The Morgan fingerprint density at radius 2 is 1.94 bits per heavy atom. The van der Waals surface area contributed by atoms with E-state index in [1.165, 1.54) is 28.9 Å². The number of benzene rings is 1. The molecule has 0 saturated carbocycles. The molecular formula is C7H7N5O3S2. The monoisotopic (exact) mass is 273 g/mol. The number of nitrogens with zero attached hydrogens (tertiary/aromatic N) is 4. The summed E-state index contributed by atoms with van der Waals surface area (Å²) in [6.45, 7) is 0. The maximum atomic E-state index is 11.3. The smallest absolute Gasteiger partial charge is 0.197 e. The first kappa shape index (κ1) is 12.0. The van der Waals surface area contributed by atoms with Crippen LogP contribution in [0.2, 0.25) is 0 Å². The lowest BCUT2D eigenvalue weighted by Gasteiger charge is -2.03. The summed E-state index contributed by atoms with van der Waals surface area (Å²) >= 11 is 4.03. The lowest BCUT2D eigenvalue weighted by Crippen LogP contribution is -2.11. The van der Waals surface area contributed by atoms with Gasteiger partial charge in [-0.1, -0.05) is 0 Å². The molecule has 2 rings (SSSR count). The summed E-state index contributed by atoms with van der Waals surface area (Å²) in [5.74, 6) is 4.66. The van der Waals surface area contributed by atoms with Gasteiger partial charge in [0.25, 0.3) is 0 Å². The number of tetrazole rings is 1. The van der Waals surface area contributed by atoms with Gasteiger partial charge in [-0.3, -0.25) is 0 Å². The molecular weight excluding hydrogens is 266 g/mol. The van der Waals surface area contributed by atoms with Gasteiger partial charge in [0.15, 0.2) is 0 Å². The average molecular weight is 273 g/mol. The number of hydrogen-bond acceptors (Lipinski definition) is 8. The van der Waals surface area contributed by atoms with Crippen LogP contribution in [0.4, 0.5) is 0 Å². The highest BCUT2D eigenvalue weighted by Crippen LogP contribution is 2.15. The fourth-order valence-corrected chi connectivity index (χ4v) is 1.94. The van der Waals surface area contributed by atoms with E-state index < -0.39 is 10.1 Å². The molecule has 10 heteroatoms. The Labute approximate surface area is 102 Å². The van der Waals surface area contributed by atoms with E-state index in [4.69, 9.17) is 0 Å². The fraction of sp³-hybridized carbons (Fsp3) is 0. The van der Waals surface area contributed by atoms with Crippen molar-refractivity contribution in [1.82, 2.24) is 20.2 Å². The van der Waals surface area contributed by atoms with Crippen molar-refractivity contribution in [3.05, 3.63) is 24.3 Å². The summed E-state index contributed by atoms with van der Waals surface area (Å²) in [4.78, 5) is -0.0578. The van der Waals surface area contributed by atoms with Crippen LogP contribution in [0, 0.1) is 0 Å². The SMILES string of the molecule is NOS(=O)(=O)c1ccc(-n2nnnc2S)cc1. The molecule has 0 spiro atoms. The van der Waals surface area contributed by atoms with Crippen LogP contribution < -0.4 is 5.90 Å². The highest BCUT2D eigenvalue weighted by molar-refractivity contribution is 7.86. The summed E-state index contributed by atoms with van der Waals surface area (Å²) < 4.78 is 27.7. The number of hydrogen-bond donors (Lipinski definition) is 2. The quantitative estimate of drug-likeness (QED) is 0.574. The number of rotatable bonds is 3. The molecule has 0 aliphatic heterocycles. The first-order valence-electron chi connectivity index (χ1n) is 4.26. The summed E-state index contributed by atoms with van der Waals surface area (Å²) in [7, 11) is -3.90. The zero-order chi connectivity index (χ0) is 12.5. The maximum absolute atomic E-state index is 11.3. The third-order valence-corrected chi connectivity index (χ3v) is 3.33. The molecule has 2 N–H and O–H groups in total. The van der Waals surface area contributed by atoms with Gasteiger partial charge in [0.05, 0.1) is 10.6 Å². The zero-order valence-electron chi connectivity index (χ0n) is 8.26. The number of thiol groups is 1. The van der Waals surface area contributed by atoms with Gasteiger partial charge < -0.3 is 0 Å². The van der Waals surface area contributed by atoms with Crippen LogP contribution in [0.1, 0.15) is 0 Å². The molecule has 0 atom stereocenters. The zero-order valence-corrected chi connectivity index (χ0v) is 9.97. The van der Waals surface area contributed by atoms with Gasteiger partial charge in [-0.05, 0) is 34.7 Å². The van der Waals surface area contributed by atoms with E-state index in [2.05, 4.69) is 38.3 Å². The Morgan fingerprint density at radius 1 is 1.29 bits per heavy atom. The van der Waals surface area contributed by atoms with Crippen molar-refractivity contribution >= 4 is 22.7 Å². The molecule has 1 aromatic carbocycles. The Morgan fingerprint density at radius 3 is 2.41 bits per heavy atom. The molecule has 90 valence electrons. The topological polar surface area (TPSA) is 113 Å². The van der Waals surface area contributed by atoms with Crippen LogP contribution in [0.15, 0.2) is 34.3 Å². The second kappa shape index (κ2) is 4.41. The van der Waals surface area contributed by atoms with Gasteiger partial charge in [-0.2, -0.15) is 23.3 Å². The Balaban J connectivity index is 2.41. The van der Waals surface area contributed by atoms with E-state index in [0.717, 1.165) is 0 Å². The van der Waals surface area contributed by atoms with Crippen LogP contribution in [-0.4, -0.2) is 28.6 Å². The van der Waals surface area contributed by atoms with Crippen molar-refractivity contribution in [1.29, 1.82) is 0 Å². The number of nitrogens with two attached hydrogens (primary N) is 1. The standard InChI is InChI=1S/C7H7N5O3S2/c8-15-17(13,14)6-3-1-5(2-4-6)12-7(16)9-10-11-12/h1-4H,8H2,(H,9,11,16). The molecule has 1 heterocycles. The molecule has 0 aliphatic rings. The van der Waals surface area contributed by atoms with Crippen LogP contribution in [0.3, 0.4) is 0 Å². The number of aromatic nitrogens is 4. The van der Waals surface area contributed by atoms with E-state index in [0.29, 0.717) is 5.69 Å². The minimum absolute atomic E-state index is 0.0578. The van der Waals surface area contributed by atoms with Crippen molar-refractivity contribution in [2.45, 2.75) is 10.1 Å². The molecule has 2 aromatic rings. The molecule has 8 nitrogen and oxygen atoms in total. The molecule has 0 fully saturated rings. The maximum Gasteiger partial charge on any atom is 0.312 e. The molecule has 0 aliphatic carbocycles. The van der Waals surface area contributed by atoms with E-state index in [9.17, 15) is 8.42 Å². The van der Waals surface area contributed by atoms with E-state index >= 15 is 0 Å². The van der Waals surface area contributed by atoms with Crippen molar-refractivity contribution < 1.29 is 12.7 Å². The Kier molecular flexibility index (Phi) is 3.11. The Hall–Kier alpha value is -1.49. The molecule has 0 bridgehead atoms. The van der Waals surface area contributed by atoms with Gasteiger partial charge in [-0.15, -0.1) is 17.7 Å². The molecule has 1 aromatic heterocycles. The molecule has 0 saturated heterocycles. The van der Waals surface area contributed by atoms with Crippen molar-refractivity contribution in [2.24, 2.45) is 5.90 Å². The minimum Gasteiger partial charge on any atom is -0.197 e. The van der Waals surface area contributed by atoms with Gasteiger partial charge in [0.2, 0.25) is 5.16 Å². The fourth-order valence-electron chi connectivity index (χ4n) is 1.16. The van der Waals surface area contributed by atoms with Crippen molar-refractivity contribution in [3.63, 3.8) is 0 Å². The third-order valence-electron chi connectivity index (χ3n) is 1.95. The minimum atomic E-state index is -3.90. The summed E-state index contributed by atoms with van der Waals surface area (Å²) in [6.07, 6.45) is 0. The molecule has 0 amide bonds. The molecule has 0 unspecified atom stereocenters. The normalized spacial score (nSPS) is 11.6. The van der Waals surface area contributed by atoms with Crippen LogP contribution in [0.25, 0.3) is 5.69 Å². The van der Waals surface area contributed by atoms with Gasteiger partial charge in [0, 0.05) is 0 Å². The molecule has 17 heavy (non-hydrogen) atoms. The largest absolute Gasteiger partial charge is 0.312 e. The summed E-state index contributed by atoms with van der Waals surface area (Å²) in [5.41, 5.74) is 0.566. The van der Waals surface area contributed by atoms with Gasteiger partial charge >= 0.3 is 10.1 Å². The second-order valence-corrected chi connectivity index (χ2v) is 4.91. The van der Waals surface area contributed by atoms with Crippen molar-refractivity contribution in [3.8, 4) is 5.69 Å². The third kappa shape index (κ3) is 2.29. The first-order valence-corrected chi connectivity index (χ1v) is 6.11. The van der Waals surface area contributed by atoms with E-state index in [1.54, 1.807) is 0 Å². The summed E-state index contributed by atoms with van der Waals surface area (Å²) in [5, 5.41) is 11.0.